The van der Waals surface area contributed by atoms with Crippen LogP contribution in [0.2, 0.25) is 0 Å². The Kier molecular flexibility index (Phi) is 4.13. The van der Waals surface area contributed by atoms with E-state index in [9.17, 15) is 0 Å². The van der Waals surface area contributed by atoms with Gasteiger partial charge in [-0.3, -0.25) is 15.0 Å². The minimum absolute atomic E-state index is 0.491. The van der Waals surface area contributed by atoms with Gasteiger partial charge < -0.3 is 0 Å². The number of nitrogens with zero attached hydrogens (tertiary/aromatic N) is 3. The van der Waals surface area contributed by atoms with Crippen LogP contribution in [0.4, 0.5) is 0 Å². The van der Waals surface area contributed by atoms with Gasteiger partial charge in [-0.25, -0.2) is 0 Å². The molecule has 122 valence electrons. The molecule has 0 amide bonds. The van der Waals surface area contributed by atoms with Crippen molar-refractivity contribution in [2.24, 2.45) is 0 Å². The van der Waals surface area contributed by atoms with E-state index in [1.165, 1.54) is 37.1 Å². The van der Waals surface area contributed by atoms with E-state index in [1.807, 2.05) is 18.3 Å². The molecule has 1 saturated heterocycles. The van der Waals surface area contributed by atoms with Gasteiger partial charge >= 0.3 is 0 Å². The van der Waals surface area contributed by atoms with Crippen LogP contribution >= 0.6 is 0 Å². The van der Waals surface area contributed by atoms with Crippen LogP contribution in [0.1, 0.15) is 31.4 Å². The van der Waals surface area contributed by atoms with Crippen LogP contribution in [0.5, 0.6) is 0 Å². The van der Waals surface area contributed by atoms with Crippen LogP contribution in [-0.2, 0) is 0 Å². The number of nitrogens with one attached hydrogen (secondary N) is 1. The van der Waals surface area contributed by atoms with Crippen LogP contribution in [0.25, 0.3) is 22.4 Å². The fourth-order valence-electron chi connectivity index (χ4n) is 3.52. The molecule has 1 aromatic carbocycles. The Morgan fingerprint density at radius 2 is 1.67 bits per heavy atom. The lowest BCUT2D eigenvalue weighted by Gasteiger charge is -2.24. The Morgan fingerprint density at radius 3 is 2.38 bits per heavy atom. The second-order valence-electron chi connectivity index (χ2n) is 6.44. The van der Waals surface area contributed by atoms with Gasteiger partial charge in [0, 0.05) is 29.6 Å². The summed E-state index contributed by atoms with van der Waals surface area (Å²) < 4.78 is 0. The molecule has 1 atom stereocenters. The smallest absolute Gasteiger partial charge is 0.0729 e. The van der Waals surface area contributed by atoms with E-state index in [0.29, 0.717) is 6.04 Å². The molecule has 24 heavy (non-hydrogen) atoms. The van der Waals surface area contributed by atoms with Crippen molar-refractivity contribution in [2.45, 2.75) is 25.8 Å². The van der Waals surface area contributed by atoms with Gasteiger partial charge in [-0.05, 0) is 56.1 Å². The SMILES string of the molecule is C[C@@H](c1ccc(-c2cn[nH]c2-c2ccncc2)cc1)N1CCCC1. The average Bonchev–Trinajstić information content (AvgIpc) is 3.34. The maximum atomic E-state index is 4.24. The van der Waals surface area contributed by atoms with Crippen LogP contribution in [0.3, 0.4) is 0 Å². The summed E-state index contributed by atoms with van der Waals surface area (Å²) in [6, 6.07) is 13.4. The number of aromatic nitrogens is 3. The molecule has 0 unspecified atom stereocenters. The molecule has 0 aliphatic carbocycles. The summed E-state index contributed by atoms with van der Waals surface area (Å²) in [5, 5.41) is 7.36. The molecule has 0 spiro atoms. The first-order valence-corrected chi connectivity index (χ1v) is 8.61. The third-order valence-corrected chi connectivity index (χ3v) is 5.00. The molecule has 2 aromatic heterocycles. The number of pyridine rings is 1. The highest BCUT2D eigenvalue weighted by atomic mass is 15.2. The fraction of sp³-hybridized carbons (Fsp3) is 0.300. The lowest BCUT2D eigenvalue weighted by molar-refractivity contribution is 0.263. The molecule has 1 N–H and O–H groups in total. The molecule has 4 nitrogen and oxygen atoms in total. The number of hydrogen-bond donors (Lipinski definition) is 1. The van der Waals surface area contributed by atoms with Crippen LogP contribution < -0.4 is 0 Å². The second kappa shape index (κ2) is 6.57. The van der Waals surface area contributed by atoms with E-state index in [0.717, 1.165) is 16.8 Å². The van der Waals surface area contributed by atoms with E-state index in [2.05, 4.69) is 51.3 Å². The first-order valence-electron chi connectivity index (χ1n) is 8.61. The predicted octanol–water partition coefficient (Wildman–Crippen LogP) is 4.30. The summed E-state index contributed by atoms with van der Waals surface area (Å²) in [6.07, 6.45) is 8.16. The van der Waals surface area contributed by atoms with Gasteiger partial charge in [0.1, 0.15) is 0 Å². The Hall–Kier alpha value is -2.46. The maximum Gasteiger partial charge on any atom is 0.0729 e. The van der Waals surface area contributed by atoms with Crippen molar-refractivity contribution in [3.05, 3.63) is 60.6 Å². The molecule has 4 heteroatoms. The molecule has 1 fully saturated rings. The first-order chi connectivity index (χ1) is 11.8. The highest BCUT2D eigenvalue weighted by molar-refractivity contribution is 5.80. The number of aromatic amines is 1. The maximum absolute atomic E-state index is 4.24. The van der Waals surface area contributed by atoms with E-state index >= 15 is 0 Å². The van der Waals surface area contributed by atoms with Crippen molar-refractivity contribution < 1.29 is 0 Å². The predicted molar refractivity (Wildman–Crippen MR) is 96.5 cm³/mol. The Labute approximate surface area is 142 Å². The summed E-state index contributed by atoms with van der Waals surface area (Å²) in [7, 11) is 0. The minimum Gasteiger partial charge on any atom is -0.297 e. The zero-order chi connectivity index (χ0) is 16.4. The van der Waals surface area contributed by atoms with E-state index < -0.39 is 0 Å². The van der Waals surface area contributed by atoms with Gasteiger partial charge in [-0.15, -0.1) is 0 Å². The molecular weight excluding hydrogens is 296 g/mol. The summed E-state index contributed by atoms with van der Waals surface area (Å²) >= 11 is 0. The summed E-state index contributed by atoms with van der Waals surface area (Å²) in [5.74, 6) is 0. The topological polar surface area (TPSA) is 44.8 Å². The van der Waals surface area contributed by atoms with Gasteiger partial charge in [0.15, 0.2) is 0 Å². The Balaban J connectivity index is 1.61. The van der Waals surface area contributed by atoms with Gasteiger partial charge in [-0.2, -0.15) is 5.10 Å². The van der Waals surface area contributed by atoms with Gasteiger partial charge in [0.25, 0.3) is 0 Å². The van der Waals surface area contributed by atoms with Crippen molar-refractivity contribution in [3.63, 3.8) is 0 Å². The lowest BCUT2D eigenvalue weighted by atomic mass is 9.99. The van der Waals surface area contributed by atoms with Crippen molar-refractivity contribution >= 4 is 0 Å². The first kappa shape index (κ1) is 15.1. The zero-order valence-corrected chi connectivity index (χ0v) is 13.9. The molecular formula is C20H22N4. The van der Waals surface area contributed by atoms with Gasteiger partial charge in [0.2, 0.25) is 0 Å². The average molecular weight is 318 g/mol. The molecule has 4 rings (SSSR count). The molecule has 0 radical (unpaired) electrons. The van der Waals surface area contributed by atoms with E-state index in [-0.39, 0.29) is 0 Å². The quantitative estimate of drug-likeness (QED) is 0.780. The van der Waals surface area contributed by atoms with Crippen LogP contribution in [0, 0.1) is 0 Å². The number of benzene rings is 1. The summed E-state index contributed by atoms with van der Waals surface area (Å²) in [4.78, 5) is 6.65. The van der Waals surface area contributed by atoms with Crippen molar-refractivity contribution in [2.75, 3.05) is 13.1 Å². The highest BCUT2D eigenvalue weighted by Gasteiger charge is 2.19. The molecule has 0 saturated carbocycles. The standard InChI is InChI=1S/C20H22N4/c1-15(24-12-2-3-13-24)16-4-6-17(7-5-16)19-14-22-23-20(19)18-8-10-21-11-9-18/h4-11,14-15H,2-3,12-13H2,1H3,(H,22,23)/t15-/m0/s1. The molecule has 1 aliphatic heterocycles. The fourth-order valence-corrected chi connectivity index (χ4v) is 3.52. The van der Waals surface area contributed by atoms with Crippen LogP contribution in [0.15, 0.2) is 55.0 Å². The lowest BCUT2D eigenvalue weighted by Crippen LogP contribution is -2.23. The third-order valence-electron chi connectivity index (χ3n) is 5.00. The summed E-state index contributed by atoms with van der Waals surface area (Å²) in [5.41, 5.74) is 5.84. The number of likely N-dealkylation sites (tertiary alicyclic amines) is 1. The van der Waals surface area contributed by atoms with Crippen molar-refractivity contribution in [1.29, 1.82) is 0 Å². The zero-order valence-electron chi connectivity index (χ0n) is 13.9. The van der Waals surface area contributed by atoms with E-state index in [4.69, 9.17) is 0 Å². The molecule has 3 aromatic rings. The Bertz CT molecular complexity index is 786. The van der Waals surface area contributed by atoms with Crippen LogP contribution in [-0.4, -0.2) is 33.2 Å². The van der Waals surface area contributed by atoms with Crippen molar-refractivity contribution in [1.82, 2.24) is 20.1 Å². The van der Waals surface area contributed by atoms with Crippen molar-refractivity contribution in [3.8, 4) is 22.4 Å². The normalized spacial score (nSPS) is 16.4. The molecule has 0 bridgehead atoms. The molecule has 3 heterocycles. The number of hydrogen-bond acceptors (Lipinski definition) is 3. The second-order valence-corrected chi connectivity index (χ2v) is 6.44. The molecule has 1 aliphatic rings. The third kappa shape index (κ3) is 2.85. The van der Waals surface area contributed by atoms with Gasteiger partial charge in [0.05, 0.1) is 11.9 Å². The van der Waals surface area contributed by atoms with E-state index in [1.54, 1.807) is 12.4 Å². The van der Waals surface area contributed by atoms with Gasteiger partial charge in [-0.1, -0.05) is 24.3 Å². The number of rotatable bonds is 4. The number of H-pyrrole nitrogens is 1. The minimum atomic E-state index is 0.491. The largest absolute Gasteiger partial charge is 0.297 e. The monoisotopic (exact) mass is 318 g/mol. The Morgan fingerprint density at radius 1 is 0.958 bits per heavy atom. The summed E-state index contributed by atoms with van der Waals surface area (Å²) in [6.45, 7) is 4.74. The highest BCUT2D eigenvalue weighted by Crippen LogP contribution is 2.31.